The van der Waals surface area contributed by atoms with E-state index in [-0.39, 0.29) is 12.3 Å². The summed E-state index contributed by atoms with van der Waals surface area (Å²) in [6.45, 7) is 2.33. The summed E-state index contributed by atoms with van der Waals surface area (Å²) in [7, 11) is 0. The number of carboxylic acids is 1. The Morgan fingerprint density at radius 3 is 2.65 bits per heavy atom. The number of amidine groups is 1. The summed E-state index contributed by atoms with van der Waals surface area (Å²) in [6, 6.07) is 7.40. The molecule has 1 heterocycles. The van der Waals surface area contributed by atoms with Gasteiger partial charge in [0.25, 0.3) is 0 Å². The van der Waals surface area contributed by atoms with Crippen molar-refractivity contribution in [3.8, 4) is 0 Å². The van der Waals surface area contributed by atoms with Crippen molar-refractivity contribution in [3.05, 3.63) is 28.7 Å². The quantitative estimate of drug-likeness (QED) is 0.900. The fraction of sp³-hybridized carbons (Fsp3) is 0.308. The largest absolute Gasteiger partial charge is 0.481 e. The molecule has 1 unspecified atom stereocenters. The van der Waals surface area contributed by atoms with Crippen LogP contribution >= 0.6 is 27.7 Å². The molecule has 0 saturated carbocycles. The first-order valence-corrected chi connectivity index (χ1v) is 7.72. The van der Waals surface area contributed by atoms with Gasteiger partial charge in [0.05, 0.1) is 12.1 Å². The first-order valence-electron chi connectivity index (χ1n) is 6.05. The van der Waals surface area contributed by atoms with Crippen LogP contribution in [0.25, 0.3) is 0 Å². The van der Waals surface area contributed by atoms with Crippen LogP contribution in [-0.2, 0) is 9.59 Å². The van der Waals surface area contributed by atoms with Gasteiger partial charge in [-0.1, -0.05) is 27.7 Å². The van der Waals surface area contributed by atoms with E-state index in [0.29, 0.717) is 11.7 Å². The Labute approximate surface area is 129 Å². The average molecular weight is 357 g/mol. The highest BCUT2D eigenvalue weighted by molar-refractivity contribution is 9.10. The number of thioether (sulfide) groups is 1. The molecular weight excluding hydrogens is 344 g/mol. The molecule has 1 aliphatic rings. The normalized spacial score (nSPS) is 20.7. The fourth-order valence-corrected chi connectivity index (χ4v) is 3.28. The van der Waals surface area contributed by atoms with Crippen LogP contribution in [0.5, 0.6) is 0 Å². The van der Waals surface area contributed by atoms with E-state index in [4.69, 9.17) is 5.11 Å². The summed E-state index contributed by atoms with van der Waals surface area (Å²) in [5.41, 5.74) is 0.734. The Kier molecular flexibility index (Phi) is 4.82. The van der Waals surface area contributed by atoms with Crippen molar-refractivity contribution in [1.82, 2.24) is 4.90 Å². The zero-order valence-electron chi connectivity index (χ0n) is 10.7. The molecule has 20 heavy (non-hydrogen) atoms. The fourth-order valence-electron chi connectivity index (χ4n) is 1.80. The minimum atomic E-state index is -0.975. The van der Waals surface area contributed by atoms with Crippen molar-refractivity contribution in [2.24, 2.45) is 4.99 Å². The maximum absolute atomic E-state index is 12.1. The second kappa shape index (κ2) is 6.41. The van der Waals surface area contributed by atoms with Gasteiger partial charge < -0.3 is 5.11 Å². The van der Waals surface area contributed by atoms with E-state index in [2.05, 4.69) is 20.9 Å². The maximum Gasteiger partial charge on any atom is 0.305 e. The van der Waals surface area contributed by atoms with Gasteiger partial charge in [0.15, 0.2) is 5.17 Å². The van der Waals surface area contributed by atoms with E-state index in [1.165, 1.54) is 16.7 Å². The van der Waals surface area contributed by atoms with Crippen molar-refractivity contribution < 1.29 is 14.7 Å². The second-order valence-electron chi connectivity index (χ2n) is 4.16. The van der Waals surface area contributed by atoms with Crippen LogP contribution < -0.4 is 0 Å². The number of carbonyl (C=O) groups excluding carboxylic acids is 1. The lowest BCUT2D eigenvalue weighted by atomic mass is 10.3. The maximum atomic E-state index is 12.1. The van der Waals surface area contributed by atoms with Crippen LogP contribution in [0.4, 0.5) is 5.69 Å². The molecule has 5 nitrogen and oxygen atoms in total. The van der Waals surface area contributed by atoms with Crippen molar-refractivity contribution >= 4 is 50.4 Å². The highest BCUT2D eigenvalue weighted by atomic mass is 79.9. The third-order valence-electron chi connectivity index (χ3n) is 2.75. The van der Waals surface area contributed by atoms with Crippen LogP contribution in [0.1, 0.15) is 13.3 Å². The van der Waals surface area contributed by atoms with E-state index in [0.717, 1.165) is 10.2 Å². The van der Waals surface area contributed by atoms with Crippen LogP contribution in [0.2, 0.25) is 0 Å². The highest BCUT2D eigenvalue weighted by Gasteiger charge is 2.38. The molecule has 1 aromatic carbocycles. The Bertz CT molecular complexity index is 559. The Morgan fingerprint density at radius 2 is 2.10 bits per heavy atom. The topological polar surface area (TPSA) is 70.0 Å². The zero-order valence-corrected chi connectivity index (χ0v) is 13.1. The molecular formula is C13H13BrN2O3S. The number of amides is 1. The van der Waals surface area contributed by atoms with Gasteiger partial charge >= 0.3 is 5.97 Å². The number of aliphatic imine (C=N–C) groups is 1. The first-order chi connectivity index (χ1) is 9.51. The van der Waals surface area contributed by atoms with Crippen molar-refractivity contribution in [2.45, 2.75) is 18.6 Å². The van der Waals surface area contributed by atoms with Gasteiger partial charge in [0.1, 0.15) is 5.25 Å². The number of halogens is 1. The summed E-state index contributed by atoms with van der Waals surface area (Å²) in [6.07, 6.45) is -0.181. The summed E-state index contributed by atoms with van der Waals surface area (Å²) in [4.78, 5) is 28.8. The van der Waals surface area contributed by atoms with E-state index in [9.17, 15) is 9.59 Å². The molecule has 2 rings (SSSR count). The second-order valence-corrected chi connectivity index (χ2v) is 6.24. The minimum Gasteiger partial charge on any atom is -0.481 e. The third kappa shape index (κ3) is 3.40. The third-order valence-corrected chi connectivity index (χ3v) is 4.45. The summed E-state index contributed by atoms with van der Waals surface area (Å²) in [5.74, 6) is -1.16. The van der Waals surface area contributed by atoms with Gasteiger partial charge in [0, 0.05) is 11.0 Å². The summed E-state index contributed by atoms with van der Waals surface area (Å²) < 4.78 is 0.952. The van der Waals surface area contributed by atoms with Crippen LogP contribution in [0, 0.1) is 0 Å². The lowest BCUT2D eigenvalue weighted by Gasteiger charge is -2.12. The monoisotopic (exact) mass is 356 g/mol. The molecule has 106 valence electrons. The molecule has 0 bridgehead atoms. The molecule has 7 heteroatoms. The Hall–Kier alpha value is -1.34. The molecule has 1 fully saturated rings. The van der Waals surface area contributed by atoms with Crippen LogP contribution in [0.15, 0.2) is 33.7 Å². The number of carboxylic acid groups (broad SMARTS) is 1. The average Bonchev–Trinajstić information content (AvgIpc) is 2.67. The van der Waals surface area contributed by atoms with Crippen molar-refractivity contribution in [2.75, 3.05) is 6.54 Å². The highest BCUT2D eigenvalue weighted by Crippen LogP contribution is 2.31. The zero-order chi connectivity index (χ0) is 14.7. The lowest BCUT2D eigenvalue weighted by molar-refractivity contribution is -0.139. The molecule has 1 amide bonds. The van der Waals surface area contributed by atoms with Gasteiger partial charge in [-0.2, -0.15) is 0 Å². The number of benzene rings is 1. The van der Waals surface area contributed by atoms with Crippen molar-refractivity contribution in [1.29, 1.82) is 0 Å². The molecule has 0 spiro atoms. The van der Waals surface area contributed by atoms with Crippen LogP contribution in [-0.4, -0.2) is 38.8 Å². The number of nitrogens with zero attached hydrogens (tertiary/aromatic N) is 2. The molecule has 1 saturated heterocycles. The van der Waals surface area contributed by atoms with Crippen LogP contribution in [0.3, 0.4) is 0 Å². The van der Waals surface area contributed by atoms with Gasteiger partial charge in [-0.3, -0.25) is 14.5 Å². The van der Waals surface area contributed by atoms with E-state index in [1.54, 1.807) is 0 Å². The van der Waals surface area contributed by atoms with Gasteiger partial charge in [-0.25, -0.2) is 4.99 Å². The molecule has 0 radical (unpaired) electrons. The molecule has 1 aliphatic heterocycles. The predicted molar refractivity (Wildman–Crippen MR) is 82.3 cm³/mol. The van der Waals surface area contributed by atoms with E-state index in [1.807, 2.05) is 31.2 Å². The number of hydrogen-bond acceptors (Lipinski definition) is 4. The minimum absolute atomic E-state index is 0.181. The molecule has 0 aromatic heterocycles. The van der Waals surface area contributed by atoms with Crippen molar-refractivity contribution in [3.63, 3.8) is 0 Å². The number of carbonyl (C=O) groups is 2. The standard InChI is InChI=1S/C13H13BrN2O3S/c1-2-16-12(19)10(7-11(17)18)20-13(16)15-9-5-3-8(14)4-6-9/h3-6,10H,2,7H2,1H3,(H,17,18). The van der Waals surface area contributed by atoms with E-state index >= 15 is 0 Å². The number of aliphatic carboxylic acids is 1. The molecule has 0 aliphatic carbocycles. The summed E-state index contributed by atoms with van der Waals surface area (Å²) >= 11 is 4.56. The number of hydrogen-bond donors (Lipinski definition) is 1. The predicted octanol–water partition coefficient (Wildman–Crippen LogP) is 2.88. The molecule has 1 aromatic rings. The number of rotatable bonds is 4. The smallest absolute Gasteiger partial charge is 0.305 e. The Balaban J connectivity index is 2.24. The molecule has 1 atom stereocenters. The lowest BCUT2D eigenvalue weighted by Crippen LogP contribution is -2.32. The SMILES string of the molecule is CCN1C(=O)C(CC(=O)O)SC1=Nc1ccc(Br)cc1. The molecule has 1 N–H and O–H groups in total. The van der Waals surface area contributed by atoms with Gasteiger partial charge in [-0.15, -0.1) is 0 Å². The summed E-state index contributed by atoms with van der Waals surface area (Å²) in [5, 5.41) is 8.81. The van der Waals surface area contributed by atoms with Gasteiger partial charge in [-0.05, 0) is 31.2 Å². The van der Waals surface area contributed by atoms with E-state index < -0.39 is 11.2 Å². The first kappa shape index (κ1) is 15.1. The van der Waals surface area contributed by atoms with Gasteiger partial charge in [0.2, 0.25) is 5.91 Å². The Morgan fingerprint density at radius 1 is 1.45 bits per heavy atom.